The molecule has 15 heteroatoms. The predicted octanol–water partition coefficient (Wildman–Crippen LogP) is -1.40. The zero-order valence-electron chi connectivity index (χ0n) is 21.3. The highest BCUT2D eigenvalue weighted by Gasteiger charge is 2.45. The van der Waals surface area contributed by atoms with Gasteiger partial charge in [0, 0.05) is 17.7 Å². The molecule has 0 radical (unpaired) electrons. The largest absolute Gasteiger partial charge is 0.507 e. The molecule has 0 unspecified atom stereocenters. The van der Waals surface area contributed by atoms with E-state index in [1.807, 2.05) is 0 Å². The highest BCUT2D eigenvalue weighted by Crippen LogP contribution is 2.40. The van der Waals surface area contributed by atoms with Crippen LogP contribution in [0.15, 0.2) is 39.5 Å². The molecule has 0 amide bonds. The average molecular weight is 580 g/mol. The van der Waals surface area contributed by atoms with E-state index in [0.717, 1.165) is 24.3 Å². The van der Waals surface area contributed by atoms with Crippen molar-refractivity contribution in [2.24, 2.45) is 0 Å². The number of aliphatic hydroxyl groups excluding tert-OH is 6. The third-order valence-electron chi connectivity index (χ3n) is 6.94. The Morgan fingerprint density at radius 1 is 0.780 bits per heavy atom. The molecule has 41 heavy (non-hydrogen) atoms. The molecule has 0 saturated carbocycles. The van der Waals surface area contributed by atoms with E-state index in [9.17, 15) is 50.8 Å². The molecular formula is C26H28O15. The van der Waals surface area contributed by atoms with E-state index >= 15 is 0 Å². The molecule has 3 aromatic rings. The van der Waals surface area contributed by atoms with E-state index in [0.29, 0.717) is 0 Å². The van der Waals surface area contributed by atoms with Gasteiger partial charge in [-0.05, 0) is 25.1 Å². The summed E-state index contributed by atoms with van der Waals surface area (Å²) in [4.78, 5) is 13.7. The summed E-state index contributed by atoms with van der Waals surface area (Å²) >= 11 is 0. The fourth-order valence-electron chi connectivity index (χ4n) is 4.61. The van der Waals surface area contributed by atoms with E-state index in [-0.39, 0.29) is 22.7 Å². The molecule has 0 bridgehead atoms. The molecule has 2 aliphatic rings. The van der Waals surface area contributed by atoms with Gasteiger partial charge in [-0.1, -0.05) is 0 Å². The highest BCUT2D eigenvalue weighted by atomic mass is 16.7. The number of aromatic hydroxyl groups is 3. The lowest BCUT2D eigenvalue weighted by atomic mass is 10.00. The van der Waals surface area contributed by atoms with Crippen LogP contribution < -0.4 is 14.9 Å². The fraction of sp³-hybridized carbons (Fsp3) is 0.423. The SMILES string of the molecule is C[C@@H]1O[C@@H](Oc2c(-c3ccc(O)c(O)c3)oc3cc(O[C@@H]4O[C@@H](CO)[C@H](O)[C@H]4O)cc(O)c3c2=O)[C@H](O)[C@H](O)[C@H]1O. The average Bonchev–Trinajstić information content (AvgIpc) is 3.20. The Labute approximate surface area is 230 Å². The third-order valence-corrected chi connectivity index (χ3v) is 6.94. The Kier molecular flexibility index (Phi) is 7.71. The van der Waals surface area contributed by atoms with Gasteiger partial charge in [0.15, 0.2) is 17.3 Å². The van der Waals surface area contributed by atoms with Crippen LogP contribution in [0.5, 0.6) is 28.7 Å². The van der Waals surface area contributed by atoms with Crippen molar-refractivity contribution in [1.82, 2.24) is 0 Å². The van der Waals surface area contributed by atoms with Crippen molar-refractivity contribution in [3.8, 4) is 40.1 Å². The van der Waals surface area contributed by atoms with Crippen molar-refractivity contribution in [3.05, 3.63) is 40.6 Å². The van der Waals surface area contributed by atoms with Gasteiger partial charge in [0.1, 0.15) is 59.1 Å². The van der Waals surface area contributed by atoms with Gasteiger partial charge in [0.25, 0.3) is 0 Å². The van der Waals surface area contributed by atoms with Crippen molar-refractivity contribution in [2.75, 3.05) is 6.61 Å². The number of rotatable bonds is 6. The van der Waals surface area contributed by atoms with Crippen LogP contribution in [0.4, 0.5) is 0 Å². The summed E-state index contributed by atoms with van der Waals surface area (Å²) < 4.78 is 27.8. The Balaban J connectivity index is 1.61. The number of aliphatic hydroxyl groups is 6. The number of phenolic OH excluding ortho intramolecular Hbond substituents is 3. The van der Waals surface area contributed by atoms with E-state index in [1.54, 1.807) is 0 Å². The van der Waals surface area contributed by atoms with Crippen molar-refractivity contribution in [3.63, 3.8) is 0 Å². The first-order valence-electron chi connectivity index (χ1n) is 12.4. The van der Waals surface area contributed by atoms with Gasteiger partial charge in [0.05, 0.1) is 12.7 Å². The van der Waals surface area contributed by atoms with E-state index in [4.69, 9.17) is 23.4 Å². The molecule has 2 fully saturated rings. The Bertz CT molecular complexity index is 1490. The van der Waals surface area contributed by atoms with Gasteiger partial charge in [-0.3, -0.25) is 4.79 Å². The smallest absolute Gasteiger partial charge is 0.239 e. The molecule has 222 valence electrons. The minimum atomic E-state index is -1.81. The normalized spacial score (nSPS) is 31.8. The molecule has 5 rings (SSSR count). The molecule has 3 heterocycles. The van der Waals surface area contributed by atoms with Gasteiger partial charge in [-0.25, -0.2) is 0 Å². The first-order chi connectivity index (χ1) is 19.4. The zero-order valence-corrected chi connectivity index (χ0v) is 21.3. The minimum absolute atomic E-state index is 0.00232. The highest BCUT2D eigenvalue weighted by molar-refractivity contribution is 5.88. The van der Waals surface area contributed by atoms with E-state index in [1.165, 1.54) is 13.0 Å². The summed E-state index contributed by atoms with van der Waals surface area (Å²) in [7, 11) is 0. The molecule has 0 aliphatic carbocycles. The predicted molar refractivity (Wildman–Crippen MR) is 134 cm³/mol. The molecule has 2 saturated heterocycles. The number of fused-ring (bicyclic) bond motifs is 1. The van der Waals surface area contributed by atoms with Crippen LogP contribution >= 0.6 is 0 Å². The minimum Gasteiger partial charge on any atom is -0.507 e. The molecular weight excluding hydrogens is 552 g/mol. The maximum Gasteiger partial charge on any atom is 0.239 e. The van der Waals surface area contributed by atoms with Crippen molar-refractivity contribution in [2.45, 2.75) is 62.2 Å². The summed E-state index contributed by atoms with van der Waals surface area (Å²) in [6.45, 7) is 0.799. The lowest BCUT2D eigenvalue weighted by Gasteiger charge is -2.38. The first-order valence-corrected chi connectivity index (χ1v) is 12.4. The van der Waals surface area contributed by atoms with Crippen LogP contribution in [0.3, 0.4) is 0 Å². The van der Waals surface area contributed by atoms with Crippen LogP contribution in [0.2, 0.25) is 0 Å². The number of hydrogen-bond donors (Lipinski definition) is 9. The van der Waals surface area contributed by atoms with Crippen molar-refractivity contribution < 1.29 is 69.3 Å². The molecule has 9 atom stereocenters. The van der Waals surface area contributed by atoms with Gasteiger partial charge in [0.2, 0.25) is 23.8 Å². The lowest BCUT2D eigenvalue weighted by molar-refractivity contribution is -0.268. The maximum atomic E-state index is 13.7. The first kappa shape index (κ1) is 28.8. The fourth-order valence-corrected chi connectivity index (χ4v) is 4.61. The van der Waals surface area contributed by atoms with E-state index in [2.05, 4.69) is 0 Å². The maximum absolute atomic E-state index is 13.7. The third kappa shape index (κ3) is 5.13. The Morgan fingerprint density at radius 2 is 1.46 bits per heavy atom. The topological polar surface area (TPSA) is 249 Å². The number of ether oxygens (including phenoxy) is 4. The summed E-state index contributed by atoms with van der Waals surface area (Å²) in [6.07, 6.45) is -13.2. The second-order valence-corrected chi connectivity index (χ2v) is 9.73. The van der Waals surface area contributed by atoms with Gasteiger partial charge >= 0.3 is 0 Å². The summed E-state index contributed by atoms with van der Waals surface area (Å²) in [5.74, 6) is -2.87. The summed E-state index contributed by atoms with van der Waals surface area (Å²) in [5, 5.41) is 90.2. The van der Waals surface area contributed by atoms with E-state index < -0.39 is 95.7 Å². The second-order valence-electron chi connectivity index (χ2n) is 9.73. The number of benzene rings is 2. The Hall–Kier alpha value is -3.67. The lowest BCUT2D eigenvalue weighted by Crippen LogP contribution is -2.58. The van der Waals surface area contributed by atoms with Crippen LogP contribution in [0, 0.1) is 0 Å². The molecule has 0 spiro atoms. The monoisotopic (exact) mass is 580 g/mol. The molecule has 1 aromatic heterocycles. The van der Waals surface area contributed by atoms with Crippen molar-refractivity contribution >= 4 is 11.0 Å². The summed E-state index contributed by atoms with van der Waals surface area (Å²) in [6, 6.07) is 5.58. The molecule has 15 nitrogen and oxygen atoms in total. The van der Waals surface area contributed by atoms with Crippen LogP contribution in [-0.2, 0) is 9.47 Å². The zero-order chi connectivity index (χ0) is 29.7. The van der Waals surface area contributed by atoms with Gasteiger partial charge in [-0.15, -0.1) is 0 Å². The van der Waals surface area contributed by atoms with Crippen LogP contribution in [0.1, 0.15) is 6.92 Å². The van der Waals surface area contributed by atoms with Gasteiger partial charge in [-0.2, -0.15) is 0 Å². The van der Waals surface area contributed by atoms with Crippen LogP contribution in [-0.4, -0.2) is 108 Å². The number of hydrogen-bond acceptors (Lipinski definition) is 15. The van der Waals surface area contributed by atoms with Crippen LogP contribution in [0.25, 0.3) is 22.3 Å². The number of phenols is 3. The molecule has 2 aromatic carbocycles. The Morgan fingerprint density at radius 3 is 2.12 bits per heavy atom. The summed E-state index contributed by atoms with van der Waals surface area (Å²) in [5.41, 5.74) is -1.25. The second kappa shape index (κ2) is 11.0. The standard InChI is InChI=1S/C26H28O15/c1-8-17(31)20(34)22(36)25(37-8)41-24-19(33)16-13(30)5-10(38-26-21(35)18(32)15(7-27)40-26)6-14(16)39-23(24)9-2-3-11(28)12(29)4-9/h2-6,8,15,17-18,20-22,25-32,34-36H,7H2,1H3/t8-,15-,17-,18-,20+,21+,22+,25-,26+/m0/s1. The quantitative estimate of drug-likeness (QED) is 0.152. The van der Waals surface area contributed by atoms with Gasteiger partial charge < -0.3 is 69.3 Å². The molecule has 9 N–H and O–H groups in total. The van der Waals surface area contributed by atoms with Crippen molar-refractivity contribution in [1.29, 1.82) is 0 Å². The molecule has 2 aliphatic heterocycles.